The van der Waals surface area contributed by atoms with Gasteiger partial charge in [0.25, 0.3) is 0 Å². The average molecular weight is 524 g/mol. The zero-order chi connectivity index (χ0) is 20.5. The Morgan fingerprint density at radius 2 is 1.87 bits per heavy atom. The van der Waals surface area contributed by atoms with Crippen molar-refractivity contribution in [2.45, 2.75) is 38.6 Å². The number of imidazole rings is 1. The first-order chi connectivity index (χ1) is 14.2. The smallest absolute Gasteiger partial charge is 0.223 e. The lowest BCUT2D eigenvalue weighted by atomic mass is 9.89. The molecule has 0 aliphatic heterocycles. The van der Waals surface area contributed by atoms with Crippen LogP contribution in [-0.4, -0.2) is 53.9 Å². The van der Waals surface area contributed by atoms with Crippen LogP contribution in [-0.2, 0) is 11.3 Å². The quantitative estimate of drug-likeness (QED) is 0.224. The van der Waals surface area contributed by atoms with Crippen molar-refractivity contribution >= 4 is 35.8 Å². The third-order valence-electron chi connectivity index (χ3n) is 5.36. The summed E-state index contributed by atoms with van der Waals surface area (Å²) < 4.78 is 0. The Balaban J connectivity index is 0.00000320. The predicted octanol–water partition coefficient (Wildman–Crippen LogP) is 3.40. The molecule has 1 saturated carbocycles. The fourth-order valence-electron chi connectivity index (χ4n) is 3.76. The van der Waals surface area contributed by atoms with Crippen molar-refractivity contribution in [2.75, 3.05) is 27.2 Å². The van der Waals surface area contributed by atoms with Crippen LogP contribution in [0.15, 0.2) is 41.5 Å². The molecule has 8 heteroatoms. The largest absolute Gasteiger partial charge is 0.354 e. The fourth-order valence-corrected chi connectivity index (χ4v) is 3.76. The first-order valence-corrected chi connectivity index (χ1v) is 10.5. The molecule has 1 aliphatic carbocycles. The molecule has 7 nitrogen and oxygen atoms in total. The molecule has 1 amide bonds. The number of aromatic amines is 1. The Labute approximate surface area is 196 Å². The molecule has 0 radical (unpaired) electrons. The first kappa shape index (κ1) is 24.2. The summed E-state index contributed by atoms with van der Waals surface area (Å²) in [5, 5.41) is 6.35. The van der Waals surface area contributed by atoms with E-state index in [-0.39, 0.29) is 35.8 Å². The summed E-state index contributed by atoms with van der Waals surface area (Å²) in [6, 6.07) is 10.1. The third kappa shape index (κ3) is 7.00. The molecule has 1 aliphatic rings. The predicted molar refractivity (Wildman–Crippen MR) is 132 cm³/mol. The Hall–Kier alpha value is -2.10. The van der Waals surface area contributed by atoms with Crippen LogP contribution in [0.3, 0.4) is 0 Å². The molecule has 0 spiro atoms. The number of aromatic nitrogens is 2. The highest BCUT2D eigenvalue weighted by Crippen LogP contribution is 2.23. The lowest BCUT2D eigenvalue weighted by Gasteiger charge is -2.22. The van der Waals surface area contributed by atoms with Crippen LogP contribution >= 0.6 is 24.0 Å². The van der Waals surface area contributed by atoms with Crippen LogP contribution in [0.5, 0.6) is 0 Å². The van der Waals surface area contributed by atoms with E-state index in [0.717, 1.165) is 35.9 Å². The van der Waals surface area contributed by atoms with E-state index in [1.807, 2.05) is 36.3 Å². The molecule has 1 fully saturated rings. The van der Waals surface area contributed by atoms with E-state index in [2.05, 4.69) is 37.7 Å². The number of benzene rings is 1. The molecular formula is C22H33IN6O. The minimum Gasteiger partial charge on any atom is -0.354 e. The van der Waals surface area contributed by atoms with E-state index >= 15 is 0 Å². The fraction of sp³-hybridized carbons (Fsp3) is 0.500. The summed E-state index contributed by atoms with van der Waals surface area (Å²) in [5.74, 6) is 2.04. The number of H-pyrrole nitrogens is 1. The van der Waals surface area contributed by atoms with Gasteiger partial charge in [-0.1, -0.05) is 49.6 Å². The Morgan fingerprint density at radius 3 is 2.57 bits per heavy atom. The average Bonchev–Trinajstić information content (AvgIpc) is 3.23. The Bertz CT molecular complexity index is 801. The van der Waals surface area contributed by atoms with Crippen LogP contribution in [0, 0.1) is 5.92 Å². The van der Waals surface area contributed by atoms with Gasteiger partial charge in [0.05, 0.1) is 18.4 Å². The highest BCUT2D eigenvalue weighted by Gasteiger charge is 2.20. The van der Waals surface area contributed by atoms with Crippen molar-refractivity contribution in [3.8, 4) is 11.3 Å². The molecular weight excluding hydrogens is 491 g/mol. The molecule has 1 aromatic heterocycles. The van der Waals surface area contributed by atoms with E-state index < -0.39 is 0 Å². The minimum absolute atomic E-state index is 0. The van der Waals surface area contributed by atoms with Crippen molar-refractivity contribution < 1.29 is 4.79 Å². The van der Waals surface area contributed by atoms with Crippen molar-refractivity contribution in [3.05, 3.63) is 42.4 Å². The maximum Gasteiger partial charge on any atom is 0.223 e. The molecule has 0 atom stereocenters. The van der Waals surface area contributed by atoms with E-state index in [1.54, 1.807) is 7.05 Å². The van der Waals surface area contributed by atoms with Gasteiger partial charge in [-0.2, -0.15) is 0 Å². The number of carbonyl (C=O) groups excluding carboxylic acids is 1. The minimum atomic E-state index is 0. The molecule has 0 saturated heterocycles. The van der Waals surface area contributed by atoms with Gasteiger partial charge in [-0.3, -0.25) is 9.79 Å². The van der Waals surface area contributed by atoms with Gasteiger partial charge in [0.1, 0.15) is 5.82 Å². The van der Waals surface area contributed by atoms with Crippen LogP contribution in [0.4, 0.5) is 0 Å². The standard InChI is InChI=1S/C22H32N6O.HI/c1-23-22(25-14-13-24-21(29)18-11-7-4-8-12-18)28(2)16-20-26-15-19(27-20)17-9-5-3-6-10-17;/h3,5-6,9-10,15,18H,4,7-8,11-14,16H2,1-2H3,(H,23,25)(H,24,29)(H,26,27);1H. The number of aliphatic imine (C=N–C) groups is 1. The van der Waals surface area contributed by atoms with E-state index in [4.69, 9.17) is 0 Å². The van der Waals surface area contributed by atoms with Crippen LogP contribution in [0.25, 0.3) is 11.3 Å². The van der Waals surface area contributed by atoms with Gasteiger partial charge in [-0.15, -0.1) is 24.0 Å². The highest BCUT2D eigenvalue weighted by molar-refractivity contribution is 14.0. The summed E-state index contributed by atoms with van der Waals surface area (Å²) in [4.78, 5) is 26.4. The van der Waals surface area contributed by atoms with E-state index in [0.29, 0.717) is 19.6 Å². The second kappa shape index (κ2) is 12.6. The van der Waals surface area contributed by atoms with Crippen molar-refractivity contribution in [1.29, 1.82) is 0 Å². The molecule has 3 N–H and O–H groups in total. The van der Waals surface area contributed by atoms with Gasteiger partial charge < -0.3 is 20.5 Å². The summed E-state index contributed by atoms with van der Waals surface area (Å²) in [7, 11) is 3.73. The maximum absolute atomic E-state index is 12.2. The Kier molecular flexibility index (Phi) is 10.1. The molecule has 164 valence electrons. The molecule has 1 aromatic carbocycles. The molecule has 0 unspecified atom stereocenters. The summed E-state index contributed by atoms with van der Waals surface area (Å²) in [6.45, 7) is 1.85. The monoisotopic (exact) mass is 524 g/mol. The SMILES string of the molecule is CN=C(NCCNC(=O)C1CCCCC1)N(C)Cc1ncc(-c2ccccc2)[nH]1.I. The number of nitrogens with one attached hydrogen (secondary N) is 3. The molecule has 3 rings (SSSR count). The number of rotatable bonds is 7. The van der Waals surface area contributed by atoms with Crippen LogP contribution in [0.2, 0.25) is 0 Å². The summed E-state index contributed by atoms with van der Waals surface area (Å²) >= 11 is 0. The second-order valence-corrected chi connectivity index (χ2v) is 7.57. The number of halogens is 1. The third-order valence-corrected chi connectivity index (χ3v) is 5.36. The van der Waals surface area contributed by atoms with Gasteiger partial charge >= 0.3 is 0 Å². The summed E-state index contributed by atoms with van der Waals surface area (Å²) in [6.07, 6.45) is 7.51. The van der Waals surface area contributed by atoms with Gasteiger partial charge in [0.2, 0.25) is 5.91 Å². The lowest BCUT2D eigenvalue weighted by molar-refractivity contribution is -0.125. The molecule has 2 aromatic rings. The van der Waals surface area contributed by atoms with Gasteiger partial charge in [-0.25, -0.2) is 4.98 Å². The second-order valence-electron chi connectivity index (χ2n) is 7.57. The van der Waals surface area contributed by atoms with Crippen LogP contribution < -0.4 is 10.6 Å². The van der Waals surface area contributed by atoms with E-state index in [9.17, 15) is 4.79 Å². The molecule has 30 heavy (non-hydrogen) atoms. The van der Waals surface area contributed by atoms with Gasteiger partial charge in [0.15, 0.2) is 5.96 Å². The normalized spacial score (nSPS) is 14.7. The maximum atomic E-state index is 12.2. The Morgan fingerprint density at radius 1 is 1.17 bits per heavy atom. The molecule has 1 heterocycles. The van der Waals surface area contributed by atoms with Crippen LogP contribution in [0.1, 0.15) is 37.9 Å². The molecule has 0 bridgehead atoms. The zero-order valence-corrected chi connectivity index (χ0v) is 20.2. The van der Waals surface area contributed by atoms with Crippen molar-refractivity contribution in [2.24, 2.45) is 10.9 Å². The number of amides is 1. The number of nitrogens with zero attached hydrogens (tertiary/aromatic N) is 3. The van der Waals surface area contributed by atoms with Crippen molar-refractivity contribution in [3.63, 3.8) is 0 Å². The topological polar surface area (TPSA) is 85.4 Å². The number of carbonyl (C=O) groups is 1. The lowest BCUT2D eigenvalue weighted by Crippen LogP contribution is -2.43. The zero-order valence-electron chi connectivity index (χ0n) is 17.9. The van der Waals surface area contributed by atoms with Gasteiger partial charge in [0, 0.05) is 33.1 Å². The van der Waals surface area contributed by atoms with Gasteiger partial charge in [-0.05, 0) is 18.4 Å². The van der Waals surface area contributed by atoms with E-state index in [1.165, 1.54) is 19.3 Å². The summed E-state index contributed by atoms with van der Waals surface area (Å²) in [5.41, 5.74) is 2.12. The van der Waals surface area contributed by atoms with Crippen molar-refractivity contribution in [1.82, 2.24) is 25.5 Å². The highest BCUT2D eigenvalue weighted by atomic mass is 127. The number of guanidine groups is 1. The number of hydrogen-bond acceptors (Lipinski definition) is 3. The first-order valence-electron chi connectivity index (χ1n) is 10.5. The number of hydrogen-bond donors (Lipinski definition) is 3.